The number of Topliss-reactive ketones (excluding diaryl/α,β-unsaturated/α-hetero) is 1. The van der Waals surface area contributed by atoms with Crippen molar-refractivity contribution in [1.82, 2.24) is 0 Å². The topological polar surface area (TPSA) is 77.3 Å². The molecule has 6 nitrogen and oxygen atoms in total. The van der Waals surface area contributed by atoms with E-state index in [9.17, 15) is 10.0 Å². The molecule has 0 aliphatic carbocycles. The lowest BCUT2D eigenvalue weighted by molar-refractivity contribution is 0.102. The molecule has 1 atom stereocenters. The number of fused-ring (bicyclic) bond motifs is 2. The van der Waals surface area contributed by atoms with Gasteiger partial charge in [0.15, 0.2) is 23.3 Å². The number of hydrogen-bond acceptors (Lipinski definition) is 6. The Morgan fingerprint density at radius 3 is 2.67 bits per heavy atom. The lowest BCUT2D eigenvalue weighted by Gasteiger charge is -2.27. The van der Waals surface area contributed by atoms with E-state index >= 15 is 0 Å². The molecule has 122 valence electrons. The van der Waals surface area contributed by atoms with E-state index in [0.717, 1.165) is 11.1 Å². The molecule has 0 fully saturated rings. The molecule has 2 aliphatic heterocycles. The molecule has 1 unspecified atom stereocenters. The van der Waals surface area contributed by atoms with E-state index in [0.29, 0.717) is 28.4 Å². The molecule has 0 spiro atoms. The molecule has 2 aromatic rings. The Balaban J connectivity index is 1.83. The highest BCUT2D eigenvalue weighted by molar-refractivity contribution is 6.48. The van der Waals surface area contributed by atoms with Gasteiger partial charge in [0, 0.05) is 5.56 Å². The molecule has 2 heterocycles. The molecule has 2 aliphatic rings. The van der Waals surface area contributed by atoms with Crippen LogP contribution in [0.3, 0.4) is 0 Å². The number of benzene rings is 2. The van der Waals surface area contributed by atoms with Gasteiger partial charge in [0.25, 0.3) is 0 Å². The molecule has 0 amide bonds. The minimum absolute atomic E-state index is 0.0479. The third kappa shape index (κ3) is 2.11. The van der Waals surface area contributed by atoms with Gasteiger partial charge in [-0.3, -0.25) is 4.79 Å². The van der Waals surface area contributed by atoms with Gasteiger partial charge in [0.2, 0.25) is 12.6 Å². The lowest BCUT2D eigenvalue weighted by Crippen LogP contribution is -2.32. The Labute approximate surface area is 138 Å². The summed E-state index contributed by atoms with van der Waals surface area (Å²) in [6, 6.07) is 8.96. The van der Waals surface area contributed by atoms with E-state index in [1.165, 1.54) is 0 Å². The molecule has 0 bridgehead atoms. The highest BCUT2D eigenvalue weighted by Gasteiger charge is 2.37. The largest absolute Gasteiger partial charge is 0.478 e. The molecule has 1 N–H and O–H groups in total. The van der Waals surface area contributed by atoms with Gasteiger partial charge in [-0.1, -0.05) is 17.3 Å². The monoisotopic (exact) mass is 325 g/mol. The number of nitrogens with zero attached hydrogens (tertiary/aromatic N) is 1. The first-order chi connectivity index (χ1) is 11.6. The van der Waals surface area contributed by atoms with Crippen LogP contribution in [0.15, 0.2) is 35.5 Å². The highest BCUT2D eigenvalue weighted by atomic mass is 16.7. The second-order valence-corrected chi connectivity index (χ2v) is 5.88. The first-order valence-corrected chi connectivity index (χ1v) is 7.52. The van der Waals surface area contributed by atoms with Gasteiger partial charge < -0.3 is 19.4 Å². The van der Waals surface area contributed by atoms with Crippen LogP contribution in [0.4, 0.5) is 0 Å². The fourth-order valence-electron chi connectivity index (χ4n) is 3.14. The number of hydrogen-bond donors (Lipinski definition) is 1. The quantitative estimate of drug-likeness (QED) is 0.643. The van der Waals surface area contributed by atoms with Crippen molar-refractivity contribution >= 4 is 11.5 Å². The standard InChI is InChI=1S/C18H15NO5/c1-9-5-10(2)15-14(6-9)24-18(16(19-21)17(15)20)11-3-4-12-13(7-11)23-8-22-12/h3-7,18,21H,8H2,1-2H3/b19-16-. The first kappa shape index (κ1) is 14.6. The van der Waals surface area contributed by atoms with Crippen LogP contribution in [0.25, 0.3) is 0 Å². The van der Waals surface area contributed by atoms with Crippen molar-refractivity contribution < 1.29 is 24.2 Å². The molecule has 0 saturated heterocycles. The van der Waals surface area contributed by atoms with Gasteiger partial charge in [-0.15, -0.1) is 0 Å². The summed E-state index contributed by atoms with van der Waals surface area (Å²) in [4.78, 5) is 12.8. The van der Waals surface area contributed by atoms with Gasteiger partial charge in [-0.2, -0.15) is 0 Å². The zero-order chi connectivity index (χ0) is 16.8. The zero-order valence-corrected chi connectivity index (χ0v) is 13.2. The SMILES string of the molecule is Cc1cc(C)c2c(c1)OC(c1ccc3c(c1)OCO3)/C(=N\O)C2=O. The van der Waals surface area contributed by atoms with Crippen LogP contribution in [0.2, 0.25) is 0 Å². The molecule has 0 saturated carbocycles. The van der Waals surface area contributed by atoms with Crippen LogP contribution in [-0.2, 0) is 0 Å². The second-order valence-electron chi connectivity index (χ2n) is 5.88. The summed E-state index contributed by atoms with van der Waals surface area (Å²) in [6.07, 6.45) is -0.800. The number of rotatable bonds is 1. The zero-order valence-electron chi connectivity index (χ0n) is 13.2. The number of carbonyl (C=O) groups is 1. The molecule has 2 aromatic carbocycles. The number of oxime groups is 1. The Hall–Kier alpha value is -3.02. The fraction of sp³-hybridized carbons (Fsp3) is 0.222. The third-order valence-electron chi connectivity index (χ3n) is 4.20. The van der Waals surface area contributed by atoms with Crippen molar-refractivity contribution in [2.24, 2.45) is 5.16 Å². The Morgan fingerprint density at radius 2 is 1.88 bits per heavy atom. The summed E-state index contributed by atoms with van der Waals surface area (Å²) < 4.78 is 16.7. The van der Waals surface area contributed by atoms with E-state index in [-0.39, 0.29) is 18.3 Å². The van der Waals surface area contributed by atoms with Gasteiger partial charge in [0.05, 0.1) is 5.56 Å². The van der Waals surface area contributed by atoms with Crippen molar-refractivity contribution in [2.45, 2.75) is 20.0 Å². The number of ether oxygens (including phenoxy) is 3. The van der Waals surface area contributed by atoms with Gasteiger partial charge in [-0.05, 0) is 43.2 Å². The second kappa shape index (κ2) is 5.26. The normalized spacial score (nSPS) is 20.0. The minimum atomic E-state index is -0.800. The van der Waals surface area contributed by atoms with Crippen molar-refractivity contribution in [1.29, 1.82) is 0 Å². The maximum absolute atomic E-state index is 12.8. The van der Waals surface area contributed by atoms with Crippen LogP contribution in [0.5, 0.6) is 17.2 Å². The molecule has 0 aromatic heterocycles. The molecule has 0 radical (unpaired) electrons. The maximum Gasteiger partial charge on any atom is 0.231 e. The first-order valence-electron chi connectivity index (χ1n) is 7.52. The smallest absolute Gasteiger partial charge is 0.231 e. The van der Waals surface area contributed by atoms with E-state index in [4.69, 9.17) is 14.2 Å². The van der Waals surface area contributed by atoms with Crippen LogP contribution < -0.4 is 14.2 Å². The highest BCUT2D eigenvalue weighted by Crippen LogP contribution is 2.39. The third-order valence-corrected chi connectivity index (χ3v) is 4.20. The summed E-state index contributed by atoms with van der Waals surface area (Å²) in [7, 11) is 0. The summed E-state index contributed by atoms with van der Waals surface area (Å²) in [6.45, 7) is 3.93. The molecule has 24 heavy (non-hydrogen) atoms. The van der Waals surface area contributed by atoms with E-state index in [2.05, 4.69) is 5.16 Å². The van der Waals surface area contributed by atoms with Crippen molar-refractivity contribution in [3.05, 3.63) is 52.6 Å². The average molecular weight is 325 g/mol. The molecule has 6 heteroatoms. The Morgan fingerprint density at radius 1 is 1.08 bits per heavy atom. The van der Waals surface area contributed by atoms with Gasteiger partial charge >= 0.3 is 0 Å². The van der Waals surface area contributed by atoms with E-state index < -0.39 is 6.10 Å². The van der Waals surface area contributed by atoms with Gasteiger partial charge in [0.1, 0.15) is 5.75 Å². The van der Waals surface area contributed by atoms with Crippen molar-refractivity contribution in [3.8, 4) is 17.2 Å². The number of aryl methyl sites for hydroxylation is 2. The Kier molecular flexibility index (Phi) is 3.19. The van der Waals surface area contributed by atoms with Crippen molar-refractivity contribution in [2.75, 3.05) is 6.79 Å². The lowest BCUT2D eigenvalue weighted by atomic mass is 9.90. The van der Waals surface area contributed by atoms with Crippen LogP contribution >= 0.6 is 0 Å². The summed E-state index contributed by atoms with van der Waals surface area (Å²) >= 11 is 0. The minimum Gasteiger partial charge on any atom is -0.478 e. The predicted molar refractivity (Wildman–Crippen MR) is 85.4 cm³/mol. The summed E-state index contributed by atoms with van der Waals surface area (Å²) in [5.74, 6) is 1.37. The van der Waals surface area contributed by atoms with Crippen LogP contribution in [-0.4, -0.2) is 23.5 Å². The molecule has 4 rings (SSSR count). The Bertz CT molecular complexity index is 887. The van der Waals surface area contributed by atoms with E-state index in [1.54, 1.807) is 18.2 Å². The molecular formula is C18H15NO5. The fourth-order valence-corrected chi connectivity index (χ4v) is 3.14. The maximum atomic E-state index is 12.8. The van der Waals surface area contributed by atoms with E-state index in [1.807, 2.05) is 26.0 Å². The van der Waals surface area contributed by atoms with Crippen molar-refractivity contribution in [3.63, 3.8) is 0 Å². The number of carbonyl (C=O) groups excluding carboxylic acids is 1. The van der Waals surface area contributed by atoms with Gasteiger partial charge in [-0.25, -0.2) is 0 Å². The predicted octanol–water partition coefficient (Wildman–Crippen LogP) is 3.18. The average Bonchev–Trinajstić information content (AvgIpc) is 3.01. The summed E-state index contributed by atoms with van der Waals surface area (Å²) in [5, 5.41) is 12.6. The summed E-state index contributed by atoms with van der Waals surface area (Å²) in [5.41, 5.74) is 2.83. The molecular weight excluding hydrogens is 310 g/mol. The van der Waals surface area contributed by atoms with Crippen LogP contribution in [0, 0.1) is 13.8 Å². The number of ketones is 1. The van der Waals surface area contributed by atoms with Crippen LogP contribution in [0.1, 0.15) is 33.2 Å².